The van der Waals surface area contributed by atoms with Crippen molar-refractivity contribution in [3.8, 4) is 5.75 Å². The van der Waals surface area contributed by atoms with Crippen molar-refractivity contribution < 1.29 is 17.7 Å². The summed E-state index contributed by atoms with van der Waals surface area (Å²) in [5, 5.41) is 4.01. The molecule has 1 aromatic carbocycles. The van der Waals surface area contributed by atoms with E-state index in [9.17, 15) is 8.42 Å². The number of aromatic nitrogens is 2. The summed E-state index contributed by atoms with van der Waals surface area (Å²) in [6, 6.07) is 6.13. The van der Waals surface area contributed by atoms with Gasteiger partial charge in [-0.05, 0) is 37.8 Å². The van der Waals surface area contributed by atoms with Crippen molar-refractivity contribution in [2.75, 3.05) is 13.7 Å². The minimum atomic E-state index is -3.64. The number of ether oxygens (including phenoxy) is 1. The second-order valence-electron chi connectivity index (χ2n) is 6.22. The van der Waals surface area contributed by atoms with E-state index >= 15 is 0 Å². The van der Waals surface area contributed by atoms with Gasteiger partial charge >= 0.3 is 0 Å². The molecule has 0 radical (unpaired) electrons. The number of hydrogen-bond donors (Lipinski definition) is 0. The van der Waals surface area contributed by atoms with Gasteiger partial charge in [0.15, 0.2) is 5.82 Å². The van der Waals surface area contributed by atoms with E-state index in [4.69, 9.17) is 9.26 Å². The summed E-state index contributed by atoms with van der Waals surface area (Å²) in [7, 11) is -2.12. The molecule has 1 aromatic heterocycles. The Hall–Kier alpha value is -1.93. The van der Waals surface area contributed by atoms with Gasteiger partial charge in [-0.1, -0.05) is 11.2 Å². The lowest BCUT2D eigenvalue weighted by Crippen LogP contribution is -2.30. The highest BCUT2D eigenvalue weighted by molar-refractivity contribution is 7.89. The first-order valence-electron chi connectivity index (χ1n) is 8.09. The zero-order valence-electron chi connectivity index (χ0n) is 13.4. The fraction of sp³-hybridized carbons (Fsp3) is 0.500. The van der Waals surface area contributed by atoms with E-state index < -0.39 is 10.0 Å². The van der Waals surface area contributed by atoms with Crippen molar-refractivity contribution in [3.63, 3.8) is 0 Å². The van der Waals surface area contributed by atoms with Crippen LogP contribution in [0.15, 0.2) is 33.7 Å². The van der Waals surface area contributed by atoms with Crippen molar-refractivity contribution in [1.29, 1.82) is 0 Å². The first kappa shape index (κ1) is 15.6. The molecular weight excluding hydrogens is 330 g/mol. The summed E-state index contributed by atoms with van der Waals surface area (Å²) in [4.78, 5) is 4.66. The number of hydrogen-bond acceptors (Lipinski definition) is 6. The van der Waals surface area contributed by atoms with Crippen molar-refractivity contribution in [2.24, 2.45) is 0 Å². The fourth-order valence-electron chi connectivity index (χ4n) is 3.06. The Morgan fingerprint density at radius 3 is 2.88 bits per heavy atom. The Bertz CT molecular complexity index is 845. The molecule has 2 aliphatic rings. The Balaban J connectivity index is 1.65. The molecule has 1 unspecified atom stereocenters. The van der Waals surface area contributed by atoms with E-state index in [1.165, 1.54) is 17.5 Å². The molecule has 1 aliphatic carbocycles. The third-order valence-electron chi connectivity index (χ3n) is 4.54. The van der Waals surface area contributed by atoms with E-state index in [1.807, 2.05) is 0 Å². The fourth-order valence-corrected chi connectivity index (χ4v) is 4.75. The average molecular weight is 349 g/mol. The zero-order valence-corrected chi connectivity index (χ0v) is 14.2. The van der Waals surface area contributed by atoms with Gasteiger partial charge < -0.3 is 9.26 Å². The summed E-state index contributed by atoms with van der Waals surface area (Å²) >= 11 is 0. The summed E-state index contributed by atoms with van der Waals surface area (Å²) in [5.41, 5.74) is 0. The normalized spacial score (nSPS) is 22.0. The average Bonchev–Trinajstić information content (AvgIpc) is 3.13. The molecule has 4 rings (SSSR count). The maximum atomic E-state index is 13.0. The van der Waals surface area contributed by atoms with E-state index in [0.29, 0.717) is 36.3 Å². The number of rotatable bonds is 5. The number of nitrogens with zero attached hydrogens (tertiary/aromatic N) is 3. The molecule has 7 nitrogen and oxygen atoms in total. The van der Waals surface area contributed by atoms with Crippen LogP contribution in [0.5, 0.6) is 5.75 Å². The van der Waals surface area contributed by atoms with Crippen LogP contribution in [0.25, 0.3) is 0 Å². The Kier molecular flexibility index (Phi) is 3.80. The summed E-state index contributed by atoms with van der Waals surface area (Å²) in [6.07, 6.45) is 3.62. The Labute approximate surface area is 140 Å². The third kappa shape index (κ3) is 2.69. The number of methoxy groups -OCH3 is 1. The molecule has 8 heteroatoms. The highest BCUT2D eigenvalue weighted by Crippen LogP contribution is 2.41. The topological polar surface area (TPSA) is 85.5 Å². The van der Waals surface area contributed by atoms with Crippen molar-refractivity contribution in [2.45, 2.75) is 42.5 Å². The molecule has 2 heterocycles. The minimum absolute atomic E-state index is 0.218. The maximum Gasteiger partial charge on any atom is 0.245 e. The largest absolute Gasteiger partial charge is 0.497 e. The van der Waals surface area contributed by atoms with E-state index in [2.05, 4.69) is 10.1 Å². The molecule has 1 saturated heterocycles. The van der Waals surface area contributed by atoms with E-state index in [0.717, 1.165) is 19.3 Å². The van der Waals surface area contributed by atoms with Crippen LogP contribution < -0.4 is 4.74 Å². The van der Waals surface area contributed by atoms with Gasteiger partial charge in [-0.25, -0.2) is 8.42 Å². The molecule has 0 amide bonds. The van der Waals surface area contributed by atoms with Crippen LogP contribution in [0.1, 0.15) is 49.4 Å². The second kappa shape index (κ2) is 5.86. The molecule has 1 aliphatic heterocycles. The zero-order chi connectivity index (χ0) is 16.7. The maximum absolute atomic E-state index is 13.0. The van der Waals surface area contributed by atoms with Crippen LogP contribution in [-0.4, -0.2) is 36.5 Å². The molecule has 24 heavy (non-hydrogen) atoms. The SMILES string of the molecule is COc1cccc(S(=O)(=O)N2CCCC2c2nc(C3CC3)no2)c1. The van der Waals surface area contributed by atoms with Crippen molar-refractivity contribution in [3.05, 3.63) is 36.0 Å². The summed E-state index contributed by atoms with van der Waals surface area (Å²) in [6.45, 7) is 0.450. The first-order valence-corrected chi connectivity index (χ1v) is 9.53. The van der Waals surface area contributed by atoms with E-state index in [-0.39, 0.29) is 10.9 Å². The van der Waals surface area contributed by atoms with Gasteiger partial charge in [0.25, 0.3) is 0 Å². The van der Waals surface area contributed by atoms with E-state index in [1.54, 1.807) is 18.2 Å². The van der Waals surface area contributed by atoms with Gasteiger partial charge in [-0.2, -0.15) is 9.29 Å². The van der Waals surface area contributed by atoms with Crippen molar-refractivity contribution >= 4 is 10.0 Å². The highest BCUT2D eigenvalue weighted by Gasteiger charge is 2.40. The molecular formula is C16H19N3O4S. The van der Waals surface area contributed by atoms with Gasteiger partial charge in [-0.3, -0.25) is 0 Å². The standard InChI is InChI=1S/C16H19N3O4S/c1-22-12-4-2-5-13(10-12)24(20,21)19-9-3-6-14(19)16-17-15(18-23-16)11-7-8-11/h2,4-5,10-11,14H,3,6-9H2,1H3. The van der Waals surface area contributed by atoms with Crippen molar-refractivity contribution in [1.82, 2.24) is 14.4 Å². The lowest BCUT2D eigenvalue weighted by Gasteiger charge is -2.21. The van der Waals surface area contributed by atoms with Gasteiger partial charge in [0.05, 0.1) is 12.0 Å². The predicted octanol–water partition coefficient (Wildman–Crippen LogP) is 2.48. The number of benzene rings is 1. The third-order valence-corrected chi connectivity index (χ3v) is 6.44. The monoisotopic (exact) mass is 349 g/mol. The Morgan fingerprint density at radius 1 is 1.29 bits per heavy atom. The van der Waals surface area contributed by atoms with Gasteiger partial charge in [0.2, 0.25) is 15.9 Å². The van der Waals surface area contributed by atoms with Crippen LogP contribution >= 0.6 is 0 Å². The van der Waals surface area contributed by atoms with Gasteiger partial charge in [-0.15, -0.1) is 0 Å². The van der Waals surface area contributed by atoms with Crippen LogP contribution in [0, 0.1) is 0 Å². The minimum Gasteiger partial charge on any atom is -0.497 e. The molecule has 128 valence electrons. The molecule has 2 aromatic rings. The predicted molar refractivity (Wildman–Crippen MR) is 85.1 cm³/mol. The molecule has 2 fully saturated rings. The molecule has 0 spiro atoms. The van der Waals surface area contributed by atoms with Crippen LogP contribution in [0.3, 0.4) is 0 Å². The molecule has 1 atom stereocenters. The summed E-state index contributed by atoms with van der Waals surface area (Å²) < 4.78 is 38.0. The second-order valence-corrected chi connectivity index (χ2v) is 8.11. The van der Waals surface area contributed by atoms with Gasteiger partial charge in [0.1, 0.15) is 11.8 Å². The summed E-state index contributed by atoms with van der Waals surface area (Å²) in [5.74, 6) is 2.00. The quantitative estimate of drug-likeness (QED) is 0.824. The Morgan fingerprint density at radius 2 is 2.12 bits per heavy atom. The van der Waals surface area contributed by atoms with Crippen LogP contribution in [0.4, 0.5) is 0 Å². The number of sulfonamides is 1. The lowest BCUT2D eigenvalue weighted by atomic mass is 10.2. The molecule has 0 N–H and O–H groups in total. The van der Waals surface area contributed by atoms with Crippen LogP contribution in [-0.2, 0) is 10.0 Å². The smallest absolute Gasteiger partial charge is 0.245 e. The first-order chi connectivity index (χ1) is 11.6. The molecule has 0 bridgehead atoms. The van der Waals surface area contributed by atoms with Gasteiger partial charge in [0, 0.05) is 18.5 Å². The highest BCUT2D eigenvalue weighted by atomic mass is 32.2. The molecule has 1 saturated carbocycles. The van der Waals surface area contributed by atoms with Crippen LogP contribution in [0.2, 0.25) is 0 Å². The lowest BCUT2D eigenvalue weighted by molar-refractivity contribution is 0.289.